The highest BCUT2D eigenvalue weighted by Crippen LogP contribution is 2.26. The van der Waals surface area contributed by atoms with Crippen LogP contribution in [0.4, 0.5) is 8.78 Å². The molecule has 3 rings (SSSR count). The van der Waals surface area contributed by atoms with Gasteiger partial charge in [0.15, 0.2) is 11.6 Å². The van der Waals surface area contributed by atoms with Gasteiger partial charge in [-0.3, -0.25) is 4.79 Å². The number of amides is 1. The Bertz CT molecular complexity index is 802. The first-order valence-electron chi connectivity index (χ1n) is 7.72. The zero-order chi connectivity index (χ0) is 17.1. The van der Waals surface area contributed by atoms with Crippen LogP contribution in [-0.2, 0) is 11.2 Å². The molecule has 1 aliphatic rings. The van der Waals surface area contributed by atoms with E-state index in [1.54, 1.807) is 13.0 Å². The SMILES string of the molecule is CC(NC(=O)/C=C/c1ccc2c(c1)CCO2)c1ccc(F)c(F)c1. The van der Waals surface area contributed by atoms with Crippen molar-refractivity contribution in [3.63, 3.8) is 0 Å². The standard InChI is InChI=1S/C19H17F2NO2/c1-12(14-4-5-16(20)17(21)11-14)22-19(23)7-3-13-2-6-18-15(10-13)8-9-24-18/h2-7,10-12H,8-9H2,1H3,(H,22,23)/b7-3+. The van der Waals surface area contributed by atoms with E-state index in [1.165, 1.54) is 12.1 Å². The number of rotatable bonds is 4. The van der Waals surface area contributed by atoms with Crippen molar-refractivity contribution in [2.75, 3.05) is 6.61 Å². The zero-order valence-corrected chi connectivity index (χ0v) is 13.2. The van der Waals surface area contributed by atoms with Crippen molar-refractivity contribution in [1.29, 1.82) is 0 Å². The Balaban J connectivity index is 1.63. The van der Waals surface area contributed by atoms with Crippen LogP contribution in [0.15, 0.2) is 42.5 Å². The summed E-state index contributed by atoms with van der Waals surface area (Å²) >= 11 is 0. The average Bonchev–Trinajstić information content (AvgIpc) is 3.03. The summed E-state index contributed by atoms with van der Waals surface area (Å²) in [6.07, 6.45) is 4.01. The second-order valence-electron chi connectivity index (χ2n) is 5.70. The number of nitrogens with one attached hydrogen (secondary N) is 1. The van der Waals surface area contributed by atoms with Crippen LogP contribution in [0.25, 0.3) is 6.08 Å². The Morgan fingerprint density at radius 3 is 2.83 bits per heavy atom. The molecule has 1 aliphatic heterocycles. The van der Waals surface area contributed by atoms with Crippen molar-refractivity contribution in [2.45, 2.75) is 19.4 Å². The van der Waals surface area contributed by atoms with Crippen molar-refractivity contribution in [3.05, 3.63) is 70.8 Å². The molecule has 0 fully saturated rings. The Morgan fingerprint density at radius 2 is 2.04 bits per heavy atom. The largest absolute Gasteiger partial charge is 0.493 e. The van der Waals surface area contributed by atoms with E-state index in [9.17, 15) is 13.6 Å². The van der Waals surface area contributed by atoms with Crippen molar-refractivity contribution in [2.24, 2.45) is 0 Å². The minimum absolute atomic E-state index is 0.302. The number of hydrogen-bond donors (Lipinski definition) is 1. The molecule has 0 radical (unpaired) electrons. The molecule has 0 aliphatic carbocycles. The summed E-state index contributed by atoms with van der Waals surface area (Å²) in [6.45, 7) is 2.40. The van der Waals surface area contributed by atoms with Gasteiger partial charge in [0.2, 0.25) is 5.91 Å². The lowest BCUT2D eigenvalue weighted by atomic mass is 10.1. The summed E-state index contributed by atoms with van der Waals surface area (Å²) in [6, 6.07) is 8.93. The third-order valence-corrected chi connectivity index (χ3v) is 3.94. The smallest absolute Gasteiger partial charge is 0.244 e. The van der Waals surface area contributed by atoms with Crippen LogP contribution in [0, 0.1) is 11.6 Å². The van der Waals surface area contributed by atoms with Crippen LogP contribution in [0.5, 0.6) is 5.75 Å². The van der Waals surface area contributed by atoms with Crippen molar-refractivity contribution < 1.29 is 18.3 Å². The first-order valence-corrected chi connectivity index (χ1v) is 7.72. The molecule has 0 spiro atoms. The number of hydrogen-bond acceptors (Lipinski definition) is 2. The molecule has 1 heterocycles. The lowest BCUT2D eigenvalue weighted by Gasteiger charge is -2.13. The van der Waals surface area contributed by atoms with E-state index >= 15 is 0 Å². The Hall–Kier alpha value is -2.69. The summed E-state index contributed by atoms with van der Waals surface area (Å²) in [4.78, 5) is 12.0. The number of ether oxygens (including phenoxy) is 1. The van der Waals surface area contributed by atoms with E-state index in [4.69, 9.17) is 4.74 Å². The van der Waals surface area contributed by atoms with E-state index in [2.05, 4.69) is 5.32 Å². The van der Waals surface area contributed by atoms with Gasteiger partial charge in [-0.25, -0.2) is 8.78 Å². The zero-order valence-electron chi connectivity index (χ0n) is 13.2. The molecule has 1 unspecified atom stereocenters. The van der Waals surface area contributed by atoms with Gasteiger partial charge in [-0.1, -0.05) is 12.1 Å². The van der Waals surface area contributed by atoms with Crippen LogP contribution in [0.3, 0.4) is 0 Å². The first-order chi connectivity index (χ1) is 11.5. The molecule has 0 bridgehead atoms. The fourth-order valence-corrected chi connectivity index (χ4v) is 2.61. The van der Waals surface area contributed by atoms with Gasteiger partial charge in [0.1, 0.15) is 5.75 Å². The highest BCUT2D eigenvalue weighted by atomic mass is 19.2. The van der Waals surface area contributed by atoms with Crippen LogP contribution in [0.2, 0.25) is 0 Å². The molecule has 2 aromatic carbocycles. The highest BCUT2D eigenvalue weighted by Gasteiger charge is 2.12. The van der Waals surface area contributed by atoms with Gasteiger partial charge >= 0.3 is 0 Å². The second-order valence-corrected chi connectivity index (χ2v) is 5.70. The van der Waals surface area contributed by atoms with E-state index in [1.807, 2.05) is 18.2 Å². The fourth-order valence-electron chi connectivity index (χ4n) is 2.61. The number of benzene rings is 2. The number of carbonyl (C=O) groups is 1. The summed E-state index contributed by atoms with van der Waals surface area (Å²) in [5.74, 6) is -1.24. The van der Waals surface area contributed by atoms with Gasteiger partial charge in [-0.05, 0) is 54.0 Å². The fraction of sp³-hybridized carbons (Fsp3) is 0.211. The molecule has 2 aromatic rings. The van der Waals surface area contributed by atoms with Crippen LogP contribution < -0.4 is 10.1 Å². The van der Waals surface area contributed by atoms with E-state index in [-0.39, 0.29) is 5.91 Å². The van der Waals surface area contributed by atoms with Gasteiger partial charge in [-0.15, -0.1) is 0 Å². The van der Waals surface area contributed by atoms with Gasteiger partial charge in [-0.2, -0.15) is 0 Å². The maximum Gasteiger partial charge on any atom is 0.244 e. The van der Waals surface area contributed by atoms with E-state index in [0.717, 1.165) is 35.4 Å². The van der Waals surface area contributed by atoms with Gasteiger partial charge < -0.3 is 10.1 Å². The van der Waals surface area contributed by atoms with Gasteiger partial charge in [0.05, 0.1) is 12.6 Å². The highest BCUT2D eigenvalue weighted by molar-refractivity contribution is 5.92. The summed E-state index contributed by atoms with van der Waals surface area (Å²) in [7, 11) is 0. The van der Waals surface area contributed by atoms with Gasteiger partial charge in [0, 0.05) is 12.5 Å². The predicted molar refractivity (Wildman–Crippen MR) is 87.6 cm³/mol. The topological polar surface area (TPSA) is 38.3 Å². The normalized spacial score (nSPS) is 14.3. The Kier molecular flexibility index (Phi) is 4.60. The molecule has 0 saturated heterocycles. The maximum absolute atomic E-state index is 13.2. The molecule has 1 amide bonds. The summed E-state index contributed by atoms with van der Waals surface area (Å²) in [5.41, 5.74) is 2.55. The maximum atomic E-state index is 13.2. The number of carbonyl (C=O) groups excluding carboxylic acids is 1. The van der Waals surface area contributed by atoms with Crippen molar-refractivity contribution >= 4 is 12.0 Å². The minimum Gasteiger partial charge on any atom is -0.493 e. The summed E-state index contributed by atoms with van der Waals surface area (Å²) in [5, 5.41) is 2.73. The molecule has 1 N–H and O–H groups in total. The molecule has 1 atom stereocenters. The number of fused-ring (bicyclic) bond motifs is 1. The van der Waals surface area contributed by atoms with E-state index in [0.29, 0.717) is 12.2 Å². The second kappa shape index (κ2) is 6.83. The van der Waals surface area contributed by atoms with E-state index < -0.39 is 17.7 Å². The molecule has 5 heteroatoms. The van der Waals surface area contributed by atoms with Crippen LogP contribution in [-0.4, -0.2) is 12.5 Å². The minimum atomic E-state index is -0.926. The molecular formula is C19H17F2NO2. The predicted octanol–water partition coefficient (Wildman–Crippen LogP) is 3.79. The monoisotopic (exact) mass is 329 g/mol. The third kappa shape index (κ3) is 3.62. The summed E-state index contributed by atoms with van der Waals surface area (Å²) < 4.78 is 31.6. The Labute approximate surface area is 139 Å². The molecule has 0 aromatic heterocycles. The average molecular weight is 329 g/mol. The number of halogens is 2. The molecule has 124 valence electrons. The van der Waals surface area contributed by atoms with Crippen molar-refractivity contribution in [3.8, 4) is 5.75 Å². The van der Waals surface area contributed by atoms with Crippen molar-refractivity contribution in [1.82, 2.24) is 5.32 Å². The first kappa shape index (κ1) is 16.2. The van der Waals surface area contributed by atoms with Crippen LogP contribution >= 0.6 is 0 Å². The molecule has 3 nitrogen and oxygen atoms in total. The van der Waals surface area contributed by atoms with Crippen LogP contribution in [0.1, 0.15) is 29.7 Å². The quantitative estimate of drug-likeness (QED) is 0.867. The molecule has 24 heavy (non-hydrogen) atoms. The lowest BCUT2D eigenvalue weighted by Crippen LogP contribution is -2.24. The Morgan fingerprint density at radius 1 is 1.21 bits per heavy atom. The lowest BCUT2D eigenvalue weighted by molar-refractivity contribution is -0.117. The molecule has 0 saturated carbocycles. The molecular weight excluding hydrogens is 312 g/mol. The third-order valence-electron chi connectivity index (χ3n) is 3.94. The van der Waals surface area contributed by atoms with Gasteiger partial charge in [0.25, 0.3) is 0 Å².